The van der Waals surface area contributed by atoms with Crippen LogP contribution >= 0.6 is 0 Å². The number of aliphatic imine (C=N–C) groups is 1. The van der Waals surface area contributed by atoms with E-state index in [2.05, 4.69) is 20.0 Å². The first-order valence-electron chi connectivity index (χ1n) is 11.8. The fourth-order valence-electron chi connectivity index (χ4n) is 3.81. The predicted molar refractivity (Wildman–Crippen MR) is 140 cm³/mol. The van der Waals surface area contributed by atoms with Gasteiger partial charge in [0.1, 0.15) is 11.4 Å². The Balaban J connectivity index is 1.35. The third kappa shape index (κ3) is 6.21. The third-order valence-corrected chi connectivity index (χ3v) is 5.53. The van der Waals surface area contributed by atoms with Gasteiger partial charge < -0.3 is 14.2 Å². The highest BCUT2D eigenvalue weighted by Crippen LogP contribution is 2.37. The van der Waals surface area contributed by atoms with E-state index >= 15 is 0 Å². The van der Waals surface area contributed by atoms with Crippen molar-refractivity contribution in [3.05, 3.63) is 102 Å². The van der Waals surface area contributed by atoms with Gasteiger partial charge >= 0.3 is 18.3 Å². The van der Waals surface area contributed by atoms with Crippen molar-refractivity contribution in [3.8, 4) is 11.5 Å². The quantitative estimate of drug-likeness (QED) is 0.109. The molecule has 0 unspecified atom stereocenters. The summed E-state index contributed by atoms with van der Waals surface area (Å²) in [6.07, 6.45) is -3.41. The van der Waals surface area contributed by atoms with Crippen molar-refractivity contribution < 1.29 is 37.0 Å². The fraction of sp³-hybridized carbons (Fsp3) is 0.0690. The van der Waals surface area contributed by atoms with Gasteiger partial charge in [-0.25, -0.2) is 9.79 Å². The molecule has 0 spiro atoms. The fourth-order valence-corrected chi connectivity index (χ4v) is 3.81. The summed E-state index contributed by atoms with van der Waals surface area (Å²) in [7, 11) is 0. The van der Waals surface area contributed by atoms with Gasteiger partial charge in [0, 0.05) is 17.9 Å². The number of esters is 2. The molecule has 8 nitrogen and oxygen atoms in total. The van der Waals surface area contributed by atoms with Gasteiger partial charge in [0.15, 0.2) is 11.4 Å². The van der Waals surface area contributed by atoms with Crippen molar-refractivity contribution in [2.75, 3.05) is 0 Å². The first-order valence-corrected chi connectivity index (χ1v) is 11.8. The van der Waals surface area contributed by atoms with Crippen molar-refractivity contribution in [2.24, 2.45) is 15.2 Å². The smallest absolute Gasteiger partial charge is 0.424 e. The van der Waals surface area contributed by atoms with Crippen LogP contribution < -0.4 is 9.47 Å². The second-order valence-electron chi connectivity index (χ2n) is 8.43. The zero-order chi connectivity index (χ0) is 28.3. The summed E-state index contributed by atoms with van der Waals surface area (Å²) < 4.78 is 51.4. The first kappa shape index (κ1) is 26.3. The van der Waals surface area contributed by atoms with Gasteiger partial charge in [-0.2, -0.15) is 5.11 Å². The number of cyclic esters (lactones) is 1. The lowest BCUT2D eigenvalue weighted by Crippen LogP contribution is -2.16. The van der Waals surface area contributed by atoms with Gasteiger partial charge in [-0.1, -0.05) is 42.5 Å². The number of nitrogens with zero attached hydrogens (tertiary/aromatic N) is 3. The SMILES string of the molecule is CC(=O)Oc1ccc2ccccc2c1N=Nc1ccc(C2=N/C(=C/c3ccc(OC(F)(F)F)cc3)C(=O)O2)cc1. The molecule has 1 aliphatic heterocycles. The van der Waals surface area contributed by atoms with Gasteiger partial charge in [0.25, 0.3) is 0 Å². The van der Waals surface area contributed by atoms with Crippen LogP contribution in [0.1, 0.15) is 18.1 Å². The molecule has 0 saturated carbocycles. The van der Waals surface area contributed by atoms with Crippen molar-refractivity contribution >= 4 is 46.1 Å². The van der Waals surface area contributed by atoms with Crippen LogP contribution in [0.4, 0.5) is 24.5 Å². The van der Waals surface area contributed by atoms with Crippen LogP contribution in [-0.2, 0) is 14.3 Å². The molecule has 1 aliphatic rings. The zero-order valence-electron chi connectivity index (χ0n) is 20.7. The largest absolute Gasteiger partial charge is 0.573 e. The summed E-state index contributed by atoms with van der Waals surface area (Å²) in [5.41, 5.74) is 1.79. The summed E-state index contributed by atoms with van der Waals surface area (Å²) in [5.74, 6) is -1.23. The Morgan fingerprint density at radius 2 is 1.65 bits per heavy atom. The minimum absolute atomic E-state index is 0.0165. The summed E-state index contributed by atoms with van der Waals surface area (Å²) >= 11 is 0. The lowest BCUT2D eigenvalue weighted by Gasteiger charge is -2.08. The van der Waals surface area contributed by atoms with Crippen LogP contribution in [0.5, 0.6) is 11.5 Å². The van der Waals surface area contributed by atoms with Crippen molar-refractivity contribution in [1.82, 2.24) is 0 Å². The molecule has 0 N–H and O–H groups in total. The minimum Gasteiger partial charge on any atom is -0.424 e. The zero-order valence-corrected chi connectivity index (χ0v) is 20.7. The minimum atomic E-state index is -4.80. The number of fused-ring (bicyclic) bond motifs is 1. The molecule has 0 aromatic heterocycles. The van der Waals surface area contributed by atoms with Crippen LogP contribution in [0.25, 0.3) is 16.8 Å². The molecule has 0 amide bonds. The Labute approximate surface area is 225 Å². The molecule has 4 aromatic carbocycles. The van der Waals surface area contributed by atoms with E-state index in [1.807, 2.05) is 30.3 Å². The Bertz CT molecular complexity index is 1690. The number of hydrogen-bond donors (Lipinski definition) is 0. The van der Waals surface area contributed by atoms with Crippen molar-refractivity contribution in [2.45, 2.75) is 13.3 Å². The van der Waals surface area contributed by atoms with E-state index in [0.717, 1.165) is 22.9 Å². The second kappa shape index (κ2) is 10.8. The molecule has 0 fully saturated rings. The van der Waals surface area contributed by atoms with Crippen LogP contribution in [-0.4, -0.2) is 24.2 Å². The summed E-state index contributed by atoms with van der Waals surface area (Å²) in [4.78, 5) is 28.1. The van der Waals surface area contributed by atoms with Gasteiger partial charge in [-0.15, -0.1) is 18.3 Å². The number of azo groups is 1. The third-order valence-electron chi connectivity index (χ3n) is 5.53. The molecule has 40 heavy (non-hydrogen) atoms. The second-order valence-corrected chi connectivity index (χ2v) is 8.43. The number of benzene rings is 4. The Kier molecular flexibility index (Phi) is 7.11. The average Bonchev–Trinajstić information content (AvgIpc) is 3.28. The number of rotatable bonds is 6. The van der Waals surface area contributed by atoms with E-state index < -0.39 is 18.3 Å². The maximum absolute atomic E-state index is 12.3. The molecule has 11 heteroatoms. The number of halogens is 3. The summed E-state index contributed by atoms with van der Waals surface area (Å²) in [6.45, 7) is 1.30. The number of alkyl halides is 3. The molecular weight excluding hydrogens is 527 g/mol. The monoisotopic (exact) mass is 545 g/mol. The van der Waals surface area contributed by atoms with E-state index in [0.29, 0.717) is 22.5 Å². The van der Waals surface area contributed by atoms with E-state index in [1.165, 1.54) is 25.1 Å². The molecule has 0 saturated heterocycles. The van der Waals surface area contributed by atoms with Gasteiger partial charge in [0.05, 0.1) is 5.69 Å². The highest BCUT2D eigenvalue weighted by molar-refractivity contribution is 6.13. The number of carbonyl (C=O) groups is 2. The standard InChI is InChI=1S/C29H18F3N3O5/c1-17(36)38-25-15-10-19-4-2-3-5-23(19)26(25)35-34-21-11-8-20(9-12-21)27-33-24(28(37)39-27)16-18-6-13-22(14-7-18)40-29(30,31)32/h2-16H,1H3/b24-16+,35-34?. The highest BCUT2D eigenvalue weighted by atomic mass is 19.4. The molecular formula is C29H18F3N3O5. The lowest BCUT2D eigenvalue weighted by molar-refractivity contribution is -0.274. The van der Waals surface area contributed by atoms with Gasteiger partial charge in [0.2, 0.25) is 5.90 Å². The van der Waals surface area contributed by atoms with Crippen LogP contribution in [0.3, 0.4) is 0 Å². The molecule has 0 radical (unpaired) electrons. The van der Waals surface area contributed by atoms with Gasteiger partial charge in [-0.3, -0.25) is 4.79 Å². The molecule has 1 heterocycles. The van der Waals surface area contributed by atoms with E-state index in [1.54, 1.807) is 30.3 Å². The topological polar surface area (TPSA) is 98.9 Å². The first-order chi connectivity index (χ1) is 19.1. The molecule has 0 aliphatic carbocycles. The predicted octanol–water partition coefficient (Wildman–Crippen LogP) is 7.42. The maximum Gasteiger partial charge on any atom is 0.573 e. The number of ether oxygens (including phenoxy) is 3. The molecule has 5 rings (SSSR count). The van der Waals surface area contributed by atoms with Crippen LogP contribution in [0.15, 0.2) is 106 Å². The molecule has 200 valence electrons. The van der Waals surface area contributed by atoms with E-state index in [4.69, 9.17) is 9.47 Å². The summed E-state index contributed by atoms with van der Waals surface area (Å²) in [6, 6.07) is 22.5. The normalized spacial score (nSPS) is 14.4. The van der Waals surface area contributed by atoms with Crippen molar-refractivity contribution in [3.63, 3.8) is 0 Å². The van der Waals surface area contributed by atoms with Crippen LogP contribution in [0, 0.1) is 0 Å². The Morgan fingerprint density at radius 1 is 0.925 bits per heavy atom. The van der Waals surface area contributed by atoms with E-state index in [9.17, 15) is 22.8 Å². The molecule has 0 bridgehead atoms. The number of carbonyl (C=O) groups excluding carboxylic acids is 2. The summed E-state index contributed by atoms with van der Waals surface area (Å²) in [5, 5.41) is 10.3. The van der Waals surface area contributed by atoms with E-state index in [-0.39, 0.29) is 23.1 Å². The lowest BCUT2D eigenvalue weighted by atomic mass is 10.1. The Hall–Kier alpha value is -5.32. The maximum atomic E-state index is 12.3. The molecule has 4 aromatic rings. The molecule has 0 atom stereocenters. The average molecular weight is 545 g/mol. The Morgan fingerprint density at radius 3 is 2.35 bits per heavy atom. The van der Waals surface area contributed by atoms with Crippen molar-refractivity contribution in [1.29, 1.82) is 0 Å². The van der Waals surface area contributed by atoms with Crippen LogP contribution in [0.2, 0.25) is 0 Å². The highest BCUT2D eigenvalue weighted by Gasteiger charge is 2.31. The van der Waals surface area contributed by atoms with Gasteiger partial charge in [-0.05, 0) is 59.5 Å². The number of hydrogen-bond acceptors (Lipinski definition) is 8.